The zero-order chi connectivity index (χ0) is 35.6. The summed E-state index contributed by atoms with van der Waals surface area (Å²) in [5, 5.41) is 16.2. The Labute approximate surface area is 308 Å². The molecule has 3 aromatic heterocycles. The van der Waals surface area contributed by atoms with Crippen LogP contribution in [0.15, 0.2) is 174 Å². The first-order valence-electron chi connectivity index (χ1n) is 17.8. The van der Waals surface area contributed by atoms with Crippen molar-refractivity contribution in [3.05, 3.63) is 170 Å². The molecule has 3 heterocycles. The molecule has 8 aromatic carbocycles. The molecule has 0 aliphatic carbocycles. The smallest absolute Gasteiger partial charge is 0.164 e. The fraction of sp³-hybridized carbons (Fsp3) is 0. The minimum atomic E-state index is 0.572. The molecule has 0 saturated carbocycles. The van der Waals surface area contributed by atoms with Crippen LogP contribution in [0.25, 0.3) is 105 Å². The fourth-order valence-corrected chi connectivity index (χ4v) is 7.41. The van der Waals surface area contributed by atoms with E-state index < -0.39 is 0 Å². The maximum absolute atomic E-state index is 6.26. The van der Waals surface area contributed by atoms with Crippen LogP contribution in [0.2, 0.25) is 0 Å². The van der Waals surface area contributed by atoms with Gasteiger partial charge in [-0.1, -0.05) is 127 Å². The summed E-state index contributed by atoms with van der Waals surface area (Å²) in [5.41, 5.74) is 9.18. The molecule has 0 fully saturated rings. The summed E-state index contributed by atoms with van der Waals surface area (Å²) in [4.78, 5) is 16.9. The van der Waals surface area contributed by atoms with Crippen LogP contribution in [0.4, 0.5) is 0 Å². The second-order valence-electron chi connectivity index (χ2n) is 13.4. The number of nitrogens with zero attached hydrogens (tertiary/aromatic N) is 6. The van der Waals surface area contributed by atoms with Crippen LogP contribution < -0.4 is 0 Å². The Balaban J connectivity index is 1.06. The van der Waals surface area contributed by atoms with Gasteiger partial charge in [0.15, 0.2) is 17.5 Å². The van der Waals surface area contributed by atoms with Gasteiger partial charge in [0.25, 0.3) is 0 Å². The van der Waals surface area contributed by atoms with Crippen molar-refractivity contribution in [2.45, 2.75) is 0 Å². The molecule has 11 aromatic rings. The van der Waals surface area contributed by atoms with E-state index in [4.69, 9.17) is 29.6 Å². The Hall–Kier alpha value is -7.51. The summed E-state index contributed by atoms with van der Waals surface area (Å²) < 4.78 is 6.26. The molecule has 54 heavy (non-hydrogen) atoms. The first-order valence-corrected chi connectivity index (χ1v) is 17.8. The van der Waals surface area contributed by atoms with E-state index in [2.05, 4.69) is 103 Å². The third-order valence-electron chi connectivity index (χ3n) is 10.1. The van der Waals surface area contributed by atoms with Gasteiger partial charge in [0, 0.05) is 32.8 Å². The van der Waals surface area contributed by atoms with Crippen molar-refractivity contribution in [1.29, 1.82) is 0 Å². The van der Waals surface area contributed by atoms with E-state index in [1.807, 2.05) is 66.7 Å². The highest BCUT2D eigenvalue weighted by Crippen LogP contribution is 2.35. The highest BCUT2D eigenvalue weighted by atomic mass is 16.3. The Kier molecular flexibility index (Phi) is 6.72. The van der Waals surface area contributed by atoms with E-state index in [9.17, 15) is 0 Å². The molecule has 11 rings (SSSR count). The molecule has 0 spiro atoms. The highest BCUT2D eigenvalue weighted by molar-refractivity contribution is 6.18. The third kappa shape index (κ3) is 5.02. The largest absolute Gasteiger partial charge is 0.456 e. The summed E-state index contributed by atoms with van der Waals surface area (Å²) >= 11 is 0. The van der Waals surface area contributed by atoms with E-state index >= 15 is 0 Å². The van der Waals surface area contributed by atoms with Crippen molar-refractivity contribution < 1.29 is 4.42 Å². The quantitative estimate of drug-likeness (QED) is 0.167. The SMILES string of the molecule is c1ccc(-c2ccc(-c3nc(-c4ccc5c(ccc6ccc7nn(-c8ccccc8)nc7c65)c4)nc(-c4ccc5c(c4)oc4ccccc45)n3)cc2)cc1. The summed E-state index contributed by atoms with van der Waals surface area (Å²) in [6.45, 7) is 0. The van der Waals surface area contributed by atoms with Crippen LogP contribution in [0, 0.1) is 0 Å². The second-order valence-corrected chi connectivity index (χ2v) is 13.4. The first-order chi connectivity index (χ1) is 26.7. The topological polar surface area (TPSA) is 82.5 Å². The van der Waals surface area contributed by atoms with Crippen LogP contribution in [0.5, 0.6) is 0 Å². The van der Waals surface area contributed by atoms with Crippen molar-refractivity contribution in [3.63, 3.8) is 0 Å². The van der Waals surface area contributed by atoms with Gasteiger partial charge >= 0.3 is 0 Å². The summed E-state index contributed by atoms with van der Waals surface area (Å²) in [6.07, 6.45) is 0. The average molecular weight is 693 g/mol. The van der Waals surface area contributed by atoms with Gasteiger partial charge in [0.05, 0.1) is 5.69 Å². The van der Waals surface area contributed by atoms with E-state index in [1.165, 1.54) is 0 Å². The van der Waals surface area contributed by atoms with Crippen molar-refractivity contribution in [1.82, 2.24) is 29.9 Å². The summed E-state index contributed by atoms with van der Waals surface area (Å²) in [5.74, 6) is 1.75. The Morgan fingerprint density at radius 2 is 0.963 bits per heavy atom. The molecule has 0 amide bonds. The molecular weight excluding hydrogens is 665 g/mol. The predicted octanol–water partition coefficient (Wildman–Crippen LogP) is 11.5. The van der Waals surface area contributed by atoms with Gasteiger partial charge in [-0.05, 0) is 69.8 Å². The number of rotatable bonds is 5. The number of fused-ring (bicyclic) bond motifs is 8. The molecule has 0 atom stereocenters. The molecule has 0 unspecified atom stereocenters. The monoisotopic (exact) mass is 692 g/mol. The van der Waals surface area contributed by atoms with Crippen molar-refractivity contribution in [2.24, 2.45) is 0 Å². The van der Waals surface area contributed by atoms with Gasteiger partial charge in [-0.15, -0.1) is 10.2 Å². The molecule has 7 heteroatoms. The van der Waals surface area contributed by atoms with Crippen molar-refractivity contribution >= 4 is 54.5 Å². The van der Waals surface area contributed by atoms with Gasteiger partial charge < -0.3 is 4.42 Å². The van der Waals surface area contributed by atoms with E-state index in [0.717, 1.165) is 88.0 Å². The molecule has 0 aliphatic rings. The zero-order valence-corrected chi connectivity index (χ0v) is 28.8. The van der Waals surface area contributed by atoms with Crippen LogP contribution in [-0.4, -0.2) is 29.9 Å². The summed E-state index contributed by atoms with van der Waals surface area (Å²) in [6, 6.07) is 57.8. The first kappa shape index (κ1) is 30.1. The molecule has 0 saturated heterocycles. The molecular formula is C47H28N6O. The van der Waals surface area contributed by atoms with Gasteiger partial charge in [-0.3, -0.25) is 0 Å². The van der Waals surface area contributed by atoms with Gasteiger partial charge in [0.1, 0.15) is 22.2 Å². The van der Waals surface area contributed by atoms with E-state index in [0.29, 0.717) is 17.5 Å². The average Bonchev–Trinajstić information content (AvgIpc) is 3.86. The molecule has 0 bridgehead atoms. The minimum absolute atomic E-state index is 0.572. The number of aromatic nitrogens is 6. The standard InChI is InChI=1S/C47H28N6O/c1-3-9-29(10-4-1)30-15-18-32(19-16-30)45-48-46(50-47(49-45)35-22-25-39-38-13-7-8-14-41(38)54-42(39)28-35)34-21-24-37-33(27-34)20-17-31-23-26-40-44(43(31)37)52-53(51-40)36-11-5-2-6-12-36/h1-28H. The molecule has 0 aliphatic heterocycles. The lowest BCUT2D eigenvalue weighted by Gasteiger charge is -2.10. The Morgan fingerprint density at radius 1 is 0.389 bits per heavy atom. The Morgan fingerprint density at radius 3 is 1.76 bits per heavy atom. The second kappa shape index (κ2) is 12.0. The molecule has 7 nitrogen and oxygen atoms in total. The van der Waals surface area contributed by atoms with Crippen LogP contribution in [0.1, 0.15) is 0 Å². The molecule has 0 N–H and O–H groups in total. The number of furan rings is 1. The van der Waals surface area contributed by atoms with Crippen molar-refractivity contribution in [2.75, 3.05) is 0 Å². The minimum Gasteiger partial charge on any atom is -0.456 e. The zero-order valence-electron chi connectivity index (χ0n) is 28.8. The number of hydrogen-bond donors (Lipinski definition) is 0. The maximum Gasteiger partial charge on any atom is 0.164 e. The normalized spacial score (nSPS) is 11.7. The lowest BCUT2D eigenvalue weighted by Crippen LogP contribution is -2.00. The van der Waals surface area contributed by atoms with Crippen LogP contribution in [0.3, 0.4) is 0 Å². The van der Waals surface area contributed by atoms with E-state index in [1.54, 1.807) is 4.80 Å². The fourth-order valence-electron chi connectivity index (χ4n) is 7.41. The third-order valence-corrected chi connectivity index (χ3v) is 10.1. The lowest BCUT2D eigenvalue weighted by atomic mass is 9.99. The Bertz CT molecular complexity index is 3210. The highest BCUT2D eigenvalue weighted by Gasteiger charge is 2.17. The number of hydrogen-bond acceptors (Lipinski definition) is 6. The van der Waals surface area contributed by atoms with Gasteiger partial charge in [-0.25, -0.2) is 15.0 Å². The van der Waals surface area contributed by atoms with Crippen molar-refractivity contribution in [3.8, 4) is 51.0 Å². The predicted molar refractivity (Wildman–Crippen MR) is 216 cm³/mol. The number of benzene rings is 8. The van der Waals surface area contributed by atoms with Crippen LogP contribution >= 0.6 is 0 Å². The van der Waals surface area contributed by atoms with Crippen LogP contribution in [-0.2, 0) is 0 Å². The van der Waals surface area contributed by atoms with E-state index in [-0.39, 0.29) is 0 Å². The van der Waals surface area contributed by atoms with Gasteiger partial charge in [0.2, 0.25) is 0 Å². The summed E-state index contributed by atoms with van der Waals surface area (Å²) in [7, 11) is 0. The molecule has 0 radical (unpaired) electrons. The molecule has 252 valence electrons. The maximum atomic E-state index is 6.26. The number of para-hydroxylation sites is 2. The lowest BCUT2D eigenvalue weighted by molar-refractivity contribution is 0.669. The van der Waals surface area contributed by atoms with Gasteiger partial charge in [-0.2, -0.15) is 4.80 Å².